The highest BCUT2D eigenvalue weighted by Gasteiger charge is 2.30. The topological polar surface area (TPSA) is 86.6 Å². The van der Waals surface area contributed by atoms with Crippen LogP contribution in [0.15, 0.2) is 18.2 Å². The summed E-state index contributed by atoms with van der Waals surface area (Å²) in [6.45, 7) is 0.483. The van der Waals surface area contributed by atoms with Gasteiger partial charge in [-0.3, -0.25) is 4.79 Å². The highest BCUT2D eigenvalue weighted by atomic mass is 35.5. The highest BCUT2D eigenvalue weighted by molar-refractivity contribution is 6.30. The van der Waals surface area contributed by atoms with Crippen LogP contribution in [0.25, 0.3) is 0 Å². The Morgan fingerprint density at radius 1 is 1.50 bits per heavy atom. The van der Waals surface area contributed by atoms with Crippen molar-refractivity contribution < 1.29 is 24.2 Å². The minimum Gasteiger partial charge on any atom is -0.479 e. The van der Waals surface area contributed by atoms with E-state index in [4.69, 9.17) is 16.7 Å². The summed E-state index contributed by atoms with van der Waals surface area (Å²) in [5, 5.41) is 20.3. The summed E-state index contributed by atoms with van der Waals surface area (Å²) >= 11 is 5.52. The molecule has 98 valence electrons. The van der Waals surface area contributed by atoms with Crippen molar-refractivity contribution in [1.29, 1.82) is 0 Å². The molecule has 0 saturated heterocycles. The molecule has 0 bridgehead atoms. The van der Waals surface area contributed by atoms with E-state index in [-0.39, 0.29) is 10.6 Å². The predicted molar refractivity (Wildman–Crippen MR) is 62.0 cm³/mol. The Labute approximate surface area is 107 Å². The first kappa shape index (κ1) is 14.4. The minimum atomic E-state index is -2.11. The van der Waals surface area contributed by atoms with Crippen molar-refractivity contribution >= 4 is 23.5 Å². The highest BCUT2D eigenvalue weighted by Crippen LogP contribution is 2.14. The van der Waals surface area contributed by atoms with Crippen molar-refractivity contribution in [3.63, 3.8) is 0 Å². The summed E-state index contributed by atoms with van der Waals surface area (Å²) in [5.74, 6) is -3.14. The molecule has 7 heteroatoms. The molecule has 1 aromatic carbocycles. The normalized spacial score (nSPS) is 13.8. The summed E-state index contributed by atoms with van der Waals surface area (Å²) in [5.41, 5.74) is -2.39. The molecule has 0 spiro atoms. The fraction of sp³-hybridized carbons (Fsp3) is 0.273. The number of carbonyl (C=O) groups is 2. The second-order valence-electron chi connectivity index (χ2n) is 3.89. The molecular weight excluding hydrogens is 265 g/mol. The fourth-order valence-corrected chi connectivity index (χ4v) is 1.26. The Morgan fingerprint density at radius 2 is 2.11 bits per heavy atom. The van der Waals surface area contributed by atoms with Gasteiger partial charge in [-0.15, -0.1) is 0 Å². The Kier molecular flexibility index (Phi) is 4.26. The second kappa shape index (κ2) is 5.32. The van der Waals surface area contributed by atoms with E-state index in [9.17, 15) is 19.1 Å². The lowest BCUT2D eigenvalue weighted by molar-refractivity contribution is -0.155. The molecule has 1 aromatic rings. The molecule has 0 saturated carbocycles. The number of carboxylic acid groups (broad SMARTS) is 1. The molecule has 0 aliphatic heterocycles. The van der Waals surface area contributed by atoms with Crippen LogP contribution in [0.5, 0.6) is 0 Å². The van der Waals surface area contributed by atoms with Gasteiger partial charge in [-0.25, -0.2) is 9.18 Å². The van der Waals surface area contributed by atoms with E-state index in [0.717, 1.165) is 13.0 Å². The quantitative estimate of drug-likeness (QED) is 0.766. The van der Waals surface area contributed by atoms with Gasteiger partial charge in [0.05, 0.1) is 12.1 Å². The summed E-state index contributed by atoms with van der Waals surface area (Å²) < 4.78 is 13.4. The molecule has 0 aliphatic rings. The number of benzene rings is 1. The standard InChI is InChI=1S/C11H11ClFNO4/c1-11(18,10(16)17)5-14-9(15)7-3-2-6(12)4-8(7)13/h2-4,18H,5H2,1H3,(H,14,15)(H,16,17). The van der Waals surface area contributed by atoms with Gasteiger partial charge in [-0.2, -0.15) is 0 Å². The van der Waals surface area contributed by atoms with Crippen LogP contribution in [0, 0.1) is 5.82 Å². The van der Waals surface area contributed by atoms with Gasteiger partial charge in [0, 0.05) is 5.02 Å². The van der Waals surface area contributed by atoms with Crippen molar-refractivity contribution in [3.05, 3.63) is 34.6 Å². The Hall–Kier alpha value is -1.66. The zero-order valence-electron chi connectivity index (χ0n) is 9.41. The Morgan fingerprint density at radius 3 is 2.61 bits per heavy atom. The maximum atomic E-state index is 13.4. The third kappa shape index (κ3) is 3.41. The van der Waals surface area contributed by atoms with Crippen molar-refractivity contribution in [3.8, 4) is 0 Å². The molecule has 0 aliphatic carbocycles. The average molecular weight is 276 g/mol. The first-order valence-corrected chi connectivity index (χ1v) is 5.31. The molecule has 0 aromatic heterocycles. The van der Waals surface area contributed by atoms with E-state index in [0.29, 0.717) is 0 Å². The van der Waals surface area contributed by atoms with Gasteiger partial charge in [0.25, 0.3) is 5.91 Å². The molecule has 3 N–H and O–H groups in total. The lowest BCUT2D eigenvalue weighted by Gasteiger charge is -2.18. The summed E-state index contributed by atoms with van der Waals surface area (Å²) in [7, 11) is 0. The summed E-state index contributed by atoms with van der Waals surface area (Å²) in [6, 6.07) is 3.46. The number of rotatable bonds is 4. The van der Waals surface area contributed by atoms with Crippen molar-refractivity contribution in [1.82, 2.24) is 5.32 Å². The van der Waals surface area contributed by atoms with Gasteiger partial charge in [0.15, 0.2) is 5.60 Å². The van der Waals surface area contributed by atoms with Crippen LogP contribution in [0.3, 0.4) is 0 Å². The van der Waals surface area contributed by atoms with Gasteiger partial charge in [-0.1, -0.05) is 11.6 Å². The number of carbonyl (C=O) groups excluding carboxylic acids is 1. The molecular formula is C11H11ClFNO4. The molecule has 0 heterocycles. The van der Waals surface area contributed by atoms with Crippen LogP contribution in [-0.4, -0.2) is 34.2 Å². The third-order valence-corrected chi connectivity index (χ3v) is 2.46. The summed E-state index contributed by atoms with van der Waals surface area (Å²) in [4.78, 5) is 22.1. The SMILES string of the molecule is CC(O)(CNC(=O)c1ccc(Cl)cc1F)C(=O)O. The molecule has 0 radical (unpaired) electrons. The first-order chi connectivity index (χ1) is 8.24. The van der Waals surface area contributed by atoms with Gasteiger partial charge in [-0.05, 0) is 25.1 Å². The van der Waals surface area contributed by atoms with Gasteiger partial charge < -0.3 is 15.5 Å². The maximum Gasteiger partial charge on any atom is 0.337 e. The molecule has 5 nitrogen and oxygen atoms in total. The number of hydrogen-bond donors (Lipinski definition) is 3. The molecule has 0 fully saturated rings. The smallest absolute Gasteiger partial charge is 0.337 e. The Balaban J connectivity index is 2.75. The third-order valence-electron chi connectivity index (χ3n) is 2.23. The first-order valence-electron chi connectivity index (χ1n) is 4.93. The average Bonchev–Trinajstić information content (AvgIpc) is 2.25. The monoisotopic (exact) mass is 275 g/mol. The molecule has 1 rings (SSSR count). The number of nitrogens with one attached hydrogen (secondary N) is 1. The predicted octanol–water partition coefficient (Wildman–Crippen LogP) is 1.04. The minimum absolute atomic E-state index is 0.140. The molecule has 1 amide bonds. The number of aliphatic hydroxyl groups is 1. The molecule has 18 heavy (non-hydrogen) atoms. The van der Waals surface area contributed by atoms with Crippen molar-refractivity contribution in [2.45, 2.75) is 12.5 Å². The van der Waals surface area contributed by atoms with Crippen molar-refractivity contribution in [2.24, 2.45) is 0 Å². The zero-order chi connectivity index (χ0) is 13.9. The number of halogens is 2. The molecule has 1 atom stereocenters. The van der Waals surface area contributed by atoms with Crippen LogP contribution in [0.2, 0.25) is 5.02 Å². The maximum absolute atomic E-state index is 13.4. The molecule has 1 unspecified atom stereocenters. The van der Waals surface area contributed by atoms with Crippen molar-refractivity contribution in [2.75, 3.05) is 6.54 Å². The van der Waals surface area contributed by atoms with E-state index in [1.54, 1.807) is 0 Å². The Bertz CT molecular complexity index is 490. The van der Waals surface area contributed by atoms with E-state index >= 15 is 0 Å². The lowest BCUT2D eigenvalue weighted by Crippen LogP contribution is -2.46. The van der Waals surface area contributed by atoms with E-state index in [1.165, 1.54) is 12.1 Å². The fourth-order valence-electron chi connectivity index (χ4n) is 1.10. The number of amides is 1. The number of hydrogen-bond acceptors (Lipinski definition) is 3. The van der Waals surface area contributed by atoms with E-state index in [1.807, 2.05) is 0 Å². The van der Waals surface area contributed by atoms with Crippen LogP contribution in [0.4, 0.5) is 4.39 Å². The van der Waals surface area contributed by atoms with Crippen LogP contribution in [0.1, 0.15) is 17.3 Å². The van der Waals surface area contributed by atoms with E-state index in [2.05, 4.69) is 5.32 Å². The van der Waals surface area contributed by atoms with Gasteiger partial charge in [0.2, 0.25) is 0 Å². The zero-order valence-corrected chi connectivity index (χ0v) is 10.2. The van der Waals surface area contributed by atoms with Crippen LogP contribution >= 0.6 is 11.6 Å². The van der Waals surface area contributed by atoms with Crippen LogP contribution in [-0.2, 0) is 4.79 Å². The number of carboxylic acids is 1. The van der Waals surface area contributed by atoms with Gasteiger partial charge >= 0.3 is 5.97 Å². The lowest BCUT2D eigenvalue weighted by atomic mass is 10.1. The summed E-state index contributed by atoms with van der Waals surface area (Å²) in [6.07, 6.45) is 0. The van der Waals surface area contributed by atoms with E-state index < -0.39 is 29.8 Å². The van der Waals surface area contributed by atoms with Gasteiger partial charge in [0.1, 0.15) is 5.82 Å². The van der Waals surface area contributed by atoms with Crippen LogP contribution < -0.4 is 5.32 Å². The second-order valence-corrected chi connectivity index (χ2v) is 4.32. The largest absolute Gasteiger partial charge is 0.479 e. The number of aliphatic carboxylic acids is 1.